The predicted octanol–water partition coefficient (Wildman–Crippen LogP) is 3.98. The molecule has 0 saturated carbocycles. The third-order valence-corrected chi connectivity index (χ3v) is 3.98. The van der Waals surface area contributed by atoms with Crippen LogP contribution in [0.25, 0.3) is 0 Å². The smallest absolute Gasteiger partial charge is 0.281 e. The van der Waals surface area contributed by atoms with E-state index in [-0.39, 0.29) is 0 Å². The third kappa shape index (κ3) is 3.84. The highest BCUT2D eigenvalue weighted by atomic mass is 32.2. The fraction of sp³-hybridized carbons (Fsp3) is 0.467. The van der Waals surface area contributed by atoms with Gasteiger partial charge in [-0.3, -0.25) is 0 Å². The number of rotatable bonds is 7. The van der Waals surface area contributed by atoms with Gasteiger partial charge in [0.25, 0.3) is 5.22 Å². The largest absolute Gasteiger partial charge is 0.416 e. The summed E-state index contributed by atoms with van der Waals surface area (Å²) < 4.78 is 5.46. The third-order valence-electron chi connectivity index (χ3n) is 3.05. The monoisotopic (exact) mass is 291 g/mol. The molecule has 0 spiro atoms. The molecule has 0 bridgehead atoms. The maximum atomic E-state index is 5.46. The molecule has 0 fully saturated rings. The van der Waals surface area contributed by atoms with Crippen LogP contribution in [0.3, 0.4) is 0 Å². The molecular formula is C15H21N3OS. The van der Waals surface area contributed by atoms with Crippen LogP contribution in [0.15, 0.2) is 38.8 Å². The molecule has 1 heterocycles. The van der Waals surface area contributed by atoms with Crippen molar-refractivity contribution in [3.63, 3.8) is 0 Å². The second-order valence-corrected chi connectivity index (χ2v) is 5.64. The van der Waals surface area contributed by atoms with Gasteiger partial charge < -0.3 is 9.73 Å². The van der Waals surface area contributed by atoms with E-state index in [1.807, 2.05) is 6.07 Å². The lowest BCUT2D eigenvalue weighted by Gasteiger charge is -2.19. The standard InChI is InChI=1S/C15H21N3OS/c1-4-10-16-13(5-2)12-8-6-7-9-14(12)20-15-18-17-11(3)19-15/h6-9,13,16H,4-5,10H2,1-3H3. The van der Waals surface area contributed by atoms with Crippen LogP contribution >= 0.6 is 11.8 Å². The molecule has 5 heteroatoms. The summed E-state index contributed by atoms with van der Waals surface area (Å²) in [5.74, 6) is 0.598. The van der Waals surface area contributed by atoms with E-state index in [9.17, 15) is 0 Å². The lowest BCUT2D eigenvalue weighted by Crippen LogP contribution is -2.21. The molecule has 0 aliphatic carbocycles. The number of hydrogen-bond donors (Lipinski definition) is 1. The normalized spacial score (nSPS) is 12.6. The number of aryl methyl sites for hydroxylation is 1. The molecule has 0 saturated heterocycles. The zero-order valence-electron chi connectivity index (χ0n) is 12.2. The van der Waals surface area contributed by atoms with E-state index >= 15 is 0 Å². The van der Waals surface area contributed by atoms with Gasteiger partial charge in [0.05, 0.1) is 0 Å². The summed E-state index contributed by atoms with van der Waals surface area (Å²) in [6.45, 7) is 7.21. The van der Waals surface area contributed by atoms with Crippen LogP contribution in [0.4, 0.5) is 0 Å². The average Bonchev–Trinajstić information content (AvgIpc) is 2.86. The fourth-order valence-corrected chi connectivity index (χ4v) is 2.97. The Morgan fingerprint density at radius 1 is 1.25 bits per heavy atom. The molecule has 4 nitrogen and oxygen atoms in total. The maximum Gasteiger partial charge on any atom is 0.281 e. The van der Waals surface area contributed by atoms with E-state index in [1.165, 1.54) is 22.2 Å². The van der Waals surface area contributed by atoms with Crippen LogP contribution in [0.1, 0.15) is 44.2 Å². The van der Waals surface area contributed by atoms with E-state index in [2.05, 4.69) is 47.6 Å². The molecule has 1 aromatic carbocycles. The summed E-state index contributed by atoms with van der Waals surface area (Å²) in [6, 6.07) is 8.76. The molecule has 0 amide bonds. The van der Waals surface area contributed by atoms with Crippen molar-refractivity contribution >= 4 is 11.8 Å². The lowest BCUT2D eigenvalue weighted by molar-refractivity contribution is 0.429. The number of aromatic nitrogens is 2. The Morgan fingerprint density at radius 3 is 2.70 bits per heavy atom. The minimum atomic E-state index is 0.364. The van der Waals surface area contributed by atoms with Crippen molar-refractivity contribution in [2.24, 2.45) is 0 Å². The second-order valence-electron chi connectivity index (χ2n) is 4.64. The van der Waals surface area contributed by atoms with Gasteiger partial charge in [0.2, 0.25) is 5.89 Å². The van der Waals surface area contributed by atoms with Crippen molar-refractivity contribution < 1.29 is 4.42 Å². The van der Waals surface area contributed by atoms with E-state index in [4.69, 9.17) is 4.42 Å². The number of benzene rings is 1. The van der Waals surface area contributed by atoms with Crippen molar-refractivity contribution in [1.82, 2.24) is 15.5 Å². The van der Waals surface area contributed by atoms with Gasteiger partial charge in [-0.15, -0.1) is 10.2 Å². The van der Waals surface area contributed by atoms with Gasteiger partial charge >= 0.3 is 0 Å². The predicted molar refractivity (Wildman–Crippen MR) is 80.9 cm³/mol. The molecule has 1 atom stereocenters. The van der Waals surface area contributed by atoms with E-state index < -0.39 is 0 Å². The van der Waals surface area contributed by atoms with Gasteiger partial charge in [0.1, 0.15) is 0 Å². The lowest BCUT2D eigenvalue weighted by atomic mass is 10.0. The summed E-state index contributed by atoms with van der Waals surface area (Å²) >= 11 is 1.53. The molecule has 108 valence electrons. The van der Waals surface area contributed by atoms with Crippen molar-refractivity contribution in [1.29, 1.82) is 0 Å². The summed E-state index contributed by atoms with van der Waals surface area (Å²) in [5, 5.41) is 12.1. The van der Waals surface area contributed by atoms with Crippen LogP contribution in [-0.2, 0) is 0 Å². The van der Waals surface area contributed by atoms with Gasteiger partial charge in [0.15, 0.2) is 0 Å². The molecule has 1 aromatic heterocycles. The topological polar surface area (TPSA) is 51.0 Å². The zero-order valence-corrected chi connectivity index (χ0v) is 13.0. The Morgan fingerprint density at radius 2 is 2.05 bits per heavy atom. The summed E-state index contributed by atoms with van der Waals surface area (Å²) in [4.78, 5) is 1.17. The molecule has 1 unspecified atom stereocenters. The molecule has 0 radical (unpaired) electrons. The zero-order chi connectivity index (χ0) is 14.4. The summed E-state index contributed by atoms with van der Waals surface area (Å²) in [5.41, 5.74) is 1.30. The van der Waals surface area contributed by atoms with Gasteiger partial charge in [-0.05, 0) is 42.8 Å². The van der Waals surface area contributed by atoms with E-state index in [0.29, 0.717) is 17.2 Å². The Kier molecular flexibility index (Phi) is 5.61. The van der Waals surface area contributed by atoms with Crippen LogP contribution in [-0.4, -0.2) is 16.7 Å². The Bertz CT molecular complexity index is 541. The average molecular weight is 291 g/mol. The highest BCUT2D eigenvalue weighted by molar-refractivity contribution is 7.99. The molecule has 0 aliphatic rings. The molecule has 1 N–H and O–H groups in total. The number of nitrogens with one attached hydrogen (secondary N) is 1. The number of nitrogens with zero attached hydrogens (tertiary/aromatic N) is 2. The molecule has 2 aromatic rings. The first kappa shape index (κ1) is 15.1. The highest BCUT2D eigenvalue weighted by Gasteiger charge is 2.15. The quantitative estimate of drug-likeness (QED) is 0.836. The molecule has 2 rings (SSSR count). The van der Waals surface area contributed by atoms with Gasteiger partial charge in [-0.25, -0.2) is 0 Å². The van der Waals surface area contributed by atoms with Gasteiger partial charge in [-0.1, -0.05) is 32.0 Å². The first-order chi connectivity index (χ1) is 9.74. The highest BCUT2D eigenvalue weighted by Crippen LogP contribution is 2.33. The van der Waals surface area contributed by atoms with E-state index in [1.54, 1.807) is 6.92 Å². The Balaban J connectivity index is 2.20. The molecule has 0 aliphatic heterocycles. The number of hydrogen-bond acceptors (Lipinski definition) is 5. The molecule has 20 heavy (non-hydrogen) atoms. The van der Waals surface area contributed by atoms with Crippen molar-refractivity contribution in [3.8, 4) is 0 Å². The van der Waals surface area contributed by atoms with E-state index in [0.717, 1.165) is 19.4 Å². The van der Waals surface area contributed by atoms with Crippen LogP contribution in [0, 0.1) is 6.92 Å². The summed E-state index contributed by atoms with van der Waals surface area (Å²) in [6.07, 6.45) is 2.19. The van der Waals surface area contributed by atoms with Crippen molar-refractivity contribution in [3.05, 3.63) is 35.7 Å². The van der Waals surface area contributed by atoms with Crippen LogP contribution in [0.5, 0.6) is 0 Å². The maximum absolute atomic E-state index is 5.46. The Hall–Kier alpha value is -1.33. The van der Waals surface area contributed by atoms with Gasteiger partial charge in [-0.2, -0.15) is 0 Å². The van der Waals surface area contributed by atoms with Crippen LogP contribution in [0.2, 0.25) is 0 Å². The van der Waals surface area contributed by atoms with Gasteiger partial charge in [0, 0.05) is 17.9 Å². The minimum Gasteiger partial charge on any atom is -0.416 e. The van der Waals surface area contributed by atoms with Crippen LogP contribution < -0.4 is 5.32 Å². The van der Waals surface area contributed by atoms with Crippen molar-refractivity contribution in [2.75, 3.05) is 6.54 Å². The SMILES string of the molecule is CCCNC(CC)c1ccccc1Sc1nnc(C)o1. The second kappa shape index (κ2) is 7.45. The first-order valence-corrected chi connectivity index (χ1v) is 7.86. The first-order valence-electron chi connectivity index (χ1n) is 7.04. The van der Waals surface area contributed by atoms with Crippen molar-refractivity contribution in [2.45, 2.75) is 49.8 Å². The summed E-state index contributed by atoms with van der Waals surface area (Å²) in [7, 11) is 0. The minimum absolute atomic E-state index is 0.364. The molecular weight excluding hydrogens is 270 g/mol. The fourth-order valence-electron chi connectivity index (χ4n) is 2.07. The Labute approximate surface area is 124 Å².